The van der Waals surface area contributed by atoms with Crippen LogP contribution in [0.2, 0.25) is 0 Å². The van der Waals surface area contributed by atoms with Crippen molar-refractivity contribution in [3.05, 3.63) is 0 Å². The number of carbonyl (C=O) groups excluding carboxylic acids is 1. The molecule has 1 N–H and O–H groups in total. The zero-order chi connectivity index (χ0) is 10.9. The van der Waals surface area contributed by atoms with E-state index in [1.54, 1.807) is 0 Å². The second kappa shape index (κ2) is 7.65. The van der Waals surface area contributed by atoms with E-state index in [0.717, 1.165) is 32.5 Å². The molecule has 4 nitrogen and oxygen atoms in total. The van der Waals surface area contributed by atoms with Gasteiger partial charge in [0.25, 0.3) is 0 Å². The Morgan fingerprint density at radius 3 is 3.07 bits per heavy atom. The highest BCUT2D eigenvalue weighted by atomic mass is 16.5. The van der Waals surface area contributed by atoms with Gasteiger partial charge in [-0.25, -0.2) is 0 Å². The number of rotatable bonds is 6. The van der Waals surface area contributed by atoms with E-state index in [-0.39, 0.29) is 5.97 Å². The summed E-state index contributed by atoms with van der Waals surface area (Å²) < 4.78 is 10.1. The van der Waals surface area contributed by atoms with Gasteiger partial charge in [-0.05, 0) is 32.2 Å². The van der Waals surface area contributed by atoms with E-state index in [1.807, 2.05) is 0 Å². The number of ether oxygens (including phenoxy) is 2. The van der Waals surface area contributed by atoms with Crippen molar-refractivity contribution in [1.82, 2.24) is 5.32 Å². The first-order valence-electron chi connectivity index (χ1n) is 5.72. The highest BCUT2D eigenvalue weighted by molar-refractivity contribution is 5.68. The van der Waals surface area contributed by atoms with Crippen LogP contribution in [-0.2, 0) is 14.3 Å². The molecular formula is C11H21NO3. The van der Waals surface area contributed by atoms with E-state index in [9.17, 15) is 4.79 Å². The normalized spacial score (nSPS) is 21.3. The van der Waals surface area contributed by atoms with Crippen LogP contribution in [-0.4, -0.2) is 38.9 Å². The first-order valence-corrected chi connectivity index (χ1v) is 5.72. The molecule has 88 valence electrons. The van der Waals surface area contributed by atoms with Gasteiger partial charge in [-0.3, -0.25) is 4.79 Å². The molecule has 0 amide bonds. The molecule has 1 aliphatic heterocycles. The van der Waals surface area contributed by atoms with Gasteiger partial charge in [0.2, 0.25) is 0 Å². The molecule has 0 saturated carbocycles. The minimum atomic E-state index is -0.134. The standard InChI is InChI=1S/C11H21NO3/c1-14-11(13)6-4-7-12-9-10-5-2-3-8-15-10/h10,12H,2-9H2,1H3. The highest BCUT2D eigenvalue weighted by Crippen LogP contribution is 2.11. The fourth-order valence-corrected chi connectivity index (χ4v) is 1.69. The van der Waals surface area contributed by atoms with Crippen LogP contribution < -0.4 is 5.32 Å². The molecule has 0 spiro atoms. The van der Waals surface area contributed by atoms with Crippen molar-refractivity contribution in [2.45, 2.75) is 38.2 Å². The van der Waals surface area contributed by atoms with E-state index < -0.39 is 0 Å². The quantitative estimate of drug-likeness (QED) is 0.532. The van der Waals surface area contributed by atoms with Crippen LogP contribution in [0.3, 0.4) is 0 Å². The van der Waals surface area contributed by atoms with E-state index >= 15 is 0 Å². The lowest BCUT2D eigenvalue weighted by molar-refractivity contribution is -0.140. The highest BCUT2D eigenvalue weighted by Gasteiger charge is 2.12. The molecule has 0 aromatic rings. The van der Waals surface area contributed by atoms with Gasteiger partial charge in [0.1, 0.15) is 0 Å². The number of methoxy groups -OCH3 is 1. The Labute approximate surface area is 91.3 Å². The Bertz CT molecular complexity index is 179. The van der Waals surface area contributed by atoms with Gasteiger partial charge < -0.3 is 14.8 Å². The Hall–Kier alpha value is -0.610. The average molecular weight is 215 g/mol. The van der Waals surface area contributed by atoms with Crippen molar-refractivity contribution in [3.8, 4) is 0 Å². The smallest absolute Gasteiger partial charge is 0.305 e. The van der Waals surface area contributed by atoms with Gasteiger partial charge >= 0.3 is 5.97 Å². The molecule has 0 aromatic carbocycles. The maximum atomic E-state index is 10.8. The number of nitrogens with one attached hydrogen (secondary N) is 1. The molecule has 4 heteroatoms. The maximum Gasteiger partial charge on any atom is 0.305 e. The summed E-state index contributed by atoms with van der Waals surface area (Å²) in [5, 5.41) is 3.30. The fraction of sp³-hybridized carbons (Fsp3) is 0.909. The Morgan fingerprint density at radius 2 is 2.40 bits per heavy atom. The third-order valence-corrected chi connectivity index (χ3v) is 2.61. The second-order valence-electron chi connectivity index (χ2n) is 3.87. The van der Waals surface area contributed by atoms with Gasteiger partial charge in [0.15, 0.2) is 0 Å². The summed E-state index contributed by atoms with van der Waals surface area (Å²) in [5.74, 6) is -0.134. The lowest BCUT2D eigenvalue weighted by atomic mass is 10.1. The molecule has 1 saturated heterocycles. The monoisotopic (exact) mass is 215 g/mol. The molecule has 1 aliphatic rings. The topological polar surface area (TPSA) is 47.6 Å². The predicted molar refractivity (Wildman–Crippen MR) is 57.7 cm³/mol. The lowest BCUT2D eigenvalue weighted by Gasteiger charge is -2.22. The molecule has 1 unspecified atom stereocenters. The number of carbonyl (C=O) groups is 1. The van der Waals surface area contributed by atoms with E-state index in [1.165, 1.54) is 20.0 Å². The van der Waals surface area contributed by atoms with Crippen LogP contribution in [0.15, 0.2) is 0 Å². The summed E-state index contributed by atoms with van der Waals surface area (Å²) in [6.07, 6.45) is 5.32. The number of hydrogen-bond acceptors (Lipinski definition) is 4. The largest absolute Gasteiger partial charge is 0.469 e. The maximum absolute atomic E-state index is 10.8. The van der Waals surface area contributed by atoms with Gasteiger partial charge in [0, 0.05) is 19.6 Å². The van der Waals surface area contributed by atoms with Crippen LogP contribution >= 0.6 is 0 Å². The summed E-state index contributed by atoms with van der Waals surface area (Å²) >= 11 is 0. The van der Waals surface area contributed by atoms with Crippen LogP contribution in [0.25, 0.3) is 0 Å². The molecule has 1 fully saturated rings. The summed E-state index contributed by atoms with van der Waals surface area (Å²) in [4.78, 5) is 10.8. The van der Waals surface area contributed by atoms with Crippen molar-refractivity contribution < 1.29 is 14.3 Å². The van der Waals surface area contributed by atoms with Gasteiger partial charge in [-0.15, -0.1) is 0 Å². The van der Waals surface area contributed by atoms with Crippen LogP contribution in [0.4, 0.5) is 0 Å². The zero-order valence-electron chi connectivity index (χ0n) is 9.46. The number of hydrogen-bond donors (Lipinski definition) is 1. The predicted octanol–water partition coefficient (Wildman–Crippen LogP) is 1.10. The summed E-state index contributed by atoms with van der Waals surface area (Å²) in [6, 6.07) is 0. The first kappa shape index (κ1) is 12.5. The third-order valence-electron chi connectivity index (χ3n) is 2.61. The molecular weight excluding hydrogens is 194 g/mol. The molecule has 1 rings (SSSR count). The Kier molecular flexibility index (Phi) is 6.36. The minimum absolute atomic E-state index is 0.134. The Balaban J connectivity index is 1.89. The van der Waals surface area contributed by atoms with Crippen molar-refractivity contribution in [2.75, 3.05) is 26.8 Å². The molecule has 0 bridgehead atoms. The molecule has 1 heterocycles. The van der Waals surface area contributed by atoms with Crippen LogP contribution in [0.1, 0.15) is 32.1 Å². The summed E-state index contributed by atoms with van der Waals surface area (Å²) in [5.41, 5.74) is 0. The van der Waals surface area contributed by atoms with Crippen molar-refractivity contribution >= 4 is 5.97 Å². The van der Waals surface area contributed by atoms with Gasteiger partial charge in [0.05, 0.1) is 13.2 Å². The molecule has 0 radical (unpaired) electrons. The summed E-state index contributed by atoms with van der Waals surface area (Å²) in [6.45, 7) is 2.66. The number of esters is 1. The second-order valence-corrected chi connectivity index (χ2v) is 3.87. The van der Waals surface area contributed by atoms with E-state index in [0.29, 0.717) is 12.5 Å². The minimum Gasteiger partial charge on any atom is -0.469 e. The Morgan fingerprint density at radius 1 is 1.53 bits per heavy atom. The molecule has 0 aliphatic carbocycles. The molecule has 15 heavy (non-hydrogen) atoms. The SMILES string of the molecule is COC(=O)CCCNCC1CCCCO1. The average Bonchev–Trinajstić information content (AvgIpc) is 2.29. The van der Waals surface area contributed by atoms with Gasteiger partial charge in [-0.2, -0.15) is 0 Å². The first-order chi connectivity index (χ1) is 7.33. The van der Waals surface area contributed by atoms with Crippen molar-refractivity contribution in [3.63, 3.8) is 0 Å². The van der Waals surface area contributed by atoms with Crippen molar-refractivity contribution in [2.24, 2.45) is 0 Å². The van der Waals surface area contributed by atoms with Gasteiger partial charge in [-0.1, -0.05) is 0 Å². The van der Waals surface area contributed by atoms with Crippen LogP contribution in [0, 0.1) is 0 Å². The van der Waals surface area contributed by atoms with E-state index in [2.05, 4.69) is 10.1 Å². The van der Waals surface area contributed by atoms with E-state index in [4.69, 9.17) is 4.74 Å². The fourth-order valence-electron chi connectivity index (χ4n) is 1.69. The van der Waals surface area contributed by atoms with Crippen LogP contribution in [0.5, 0.6) is 0 Å². The lowest BCUT2D eigenvalue weighted by Crippen LogP contribution is -2.32. The third kappa shape index (κ3) is 5.74. The molecule has 0 aromatic heterocycles. The van der Waals surface area contributed by atoms with Crippen molar-refractivity contribution in [1.29, 1.82) is 0 Å². The molecule has 1 atom stereocenters. The zero-order valence-corrected chi connectivity index (χ0v) is 9.46. The summed E-state index contributed by atoms with van der Waals surface area (Å²) in [7, 11) is 1.42.